The molecule has 0 atom stereocenters. The summed E-state index contributed by atoms with van der Waals surface area (Å²) in [5.41, 5.74) is 2.00. The van der Waals surface area contributed by atoms with Gasteiger partial charge in [0.2, 0.25) is 0 Å². The second-order valence-corrected chi connectivity index (χ2v) is 6.02. The number of hydrogen-bond acceptors (Lipinski definition) is 4. The fraction of sp³-hybridized carbons (Fsp3) is 0.389. The topological polar surface area (TPSA) is 84.7 Å². The zero-order valence-electron chi connectivity index (χ0n) is 14.4. The largest absolute Gasteiger partial charge is 0.493 e. The molecule has 1 amide bonds. The molecule has 2 aromatic rings. The Hall–Kier alpha value is -2.83. The van der Waals surface area contributed by atoms with Crippen LogP contribution in [0.15, 0.2) is 24.3 Å². The van der Waals surface area contributed by atoms with Gasteiger partial charge in [0, 0.05) is 31.3 Å². The lowest BCUT2D eigenvalue weighted by atomic mass is 10.0. The van der Waals surface area contributed by atoms with Crippen LogP contribution >= 0.6 is 0 Å². The van der Waals surface area contributed by atoms with E-state index in [1.165, 1.54) is 0 Å². The zero-order valence-corrected chi connectivity index (χ0v) is 14.4. The average molecular weight is 343 g/mol. The van der Waals surface area contributed by atoms with E-state index in [-0.39, 0.29) is 18.1 Å². The van der Waals surface area contributed by atoms with Gasteiger partial charge < -0.3 is 14.7 Å². The molecular weight excluding hydrogens is 322 g/mol. The molecule has 0 unspecified atom stereocenters. The van der Waals surface area contributed by atoms with Gasteiger partial charge in [-0.25, -0.2) is 4.79 Å². The molecule has 132 valence electrons. The lowest BCUT2D eigenvalue weighted by Gasteiger charge is -2.28. The minimum Gasteiger partial charge on any atom is -0.493 e. The summed E-state index contributed by atoms with van der Waals surface area (Å²) in [6, 6.07) is 7.16. The lowest BCUT2D eigenvalue weighted by molar-refractivity contribution is 0.0673. The van der Waals surface area contributed by atoms with Crippen LogP contribution in [0.25, 0.3) is 0 Å². The van der Waals surface area contributed by atoms with E-state index in [0.29, 0.717) is 36.4 Å². The molecule has 7 heteroatoms. The van der Waals surface area contributed by atoms with Crippen molar-refractivity contribution < 1.29 is 19.4 Å². The van der Waals surface area contributed by atoms with Gasteiger partial charge in [-0.1, -0.05) is 19.1 Å². The number of aryl methyl sites for hydroxylation is 1. The van der Waals surface area contributed by atoms with Crippen LogP contribution in [-0.2, 0) is 20.0 Å². The zero-order chi connectivity index (χ0) is 18.0. The van der Waals surface area contributed by atoms with Crippen molar-refractivity contribution in [2.45, 2.75) is 26.3 Å². The number of nitrogens with zero attached hydrogens (tertiary/aromatic N) is 3. The average Bonchev–Trinajstić information content (AvgIpc) is 2.96. The third-order valence-electron chi connectivity index (χ3n) is 4.31. The number of para-hydroxylation sites is 1. The molecule has 3 rings (SSSR count). The number of aromatic nitrogens is 2. The van der Waals surface area contributed by atoms with Crippen molar-refractivity contribution in [2.75, 3.05) is 13.2 Å². The van der Waals surface area contributed by atoms with Crippen LogP contribution in [0.4, 0.5) is 0 Å². The van der Waals surface area contributed by atoms with E-state index in [4.69, 9.17) is 4.74 Å². The van der Waals surface area contributed by atoms with E-state index >= 15 is 0 Å². The highest BCUT2D eigenvalue weighted by Crippen LogP contribution is 2.26. The molecule has 2 heterocycles. The Morgan fingerprint density at radius 1 is 1.32 bits per heavy atom. The minimum atomic E-state index is -1.07. The summed E-state index contributed by atoms with van der Waals surface area (Å²) in [5, 5.41) is 13.4. The van der Waals surface area contributed by atoms with Crippen LogP contribution in [0.2, 0.25) is 0 Å². The minimum absolute atomic E-state index is 0.0190. The Morgan fingerprint density at radius 3 is 2.80 bits per heavy atom. The van der Waals surface area contributed by atoms with Gasteiger partial charge in [0.15, 0.2) is 5.69 Å². The molecule has 0 bridgehead atoms. The maximum absolute atomic E-state index is 13.0. The monoisotopic (exact) mass is 343 g/mol. The van der Waals surface area contributed by atoms with Crippen LogP contribution in [0.1, 0.15) is 45.4 Å². The van der Waals surface area contributed by atoms with Crippen LogP contribution < -0.4 is 4.74 Å². The number of aromatic carboxylic acids is 1. The maximum atomic E-state index is 13.0. The fourth-order valence-corrected chi connectivity index (χ4v) is 3.09. The molecule has 0 aliphatic carbocycles. The number of fused-ring (bicyclic) bond motifs is 1. The number of ether oxygens (including phenoxy) is 1. The van der Waals surface area contributed by atoms with Gasteiger partial charge in [0.25, 0.3) is 5.91 Å². The van der Waals surface area contributed by atoms with Gasteiger partial charge in [-0.05, 0) is 18.6 Å². The third kappa shape index (κ3) is 3.22. The summed E-state index contributed by atoms with van der Waals surface area (Å²) in [5.74, 6) is -0.667. The summed E-state index contributed by atoms with van der Waals surface area (Å²) < 4.78 is 7.27. The van der Waals surface area contributed by atoms with Crippen molar-refractivity contribution in [1.82, 2.24) is 14.7 Å². The molecule has 0 spiro atoms. The van der Waals surface area contributed by atoms with Crippen molar-refractivity contribution in [1.29, 1.82) is 0 Å². The Kier molecular flexibility index (Phi) is 4.74. The maximum Gasteiger partial charge on any atom is 0.356 e. The number of rotatable bonds is 5. The third-order valence-corrected chi connectivity index (χ3v) is 4.31. The molecule has 7 nitrogen and oxygen atoms in total. The van der Waals surface area contributed by atoms with E-state index in [1.54, 1.807) is 34.8 Å². The molecule has 1 aromatic heterocycles. The normalized spacial score (nSPS) is 13.4. The molecule has 1 aromatic carbocycles. The van der Waals surface area contributed by atoms with Crippen LogP contribution in [-0.4, -0.2) is 44.8 Å². The first-order valence-corrected chi connectivity index (χ1v) is 8.32. The molecule has 0 radical (unpaired) electrons. The number of carbonyl (C=O) groups is 2. The van der Waals surface area contributed by atoms with Crippen LogP contribution in [0.3, 0.4) is 0 Å². The summed E-state index contributed by atoms with van der Waals surface area (Å²) in [6.45, 7) is 3.31. The van der Waals surface area contributed by atoms with E-state index in [9.17, 15) is 14.7 Å². The smallest absolute Gasteiger partial charge is 0.356 e. The predicted molar refractivity (Wildman–Crippen MR) is 90.8 cm³/mol. The lowest BCUT2D eigenvalue weighted by Crippen LogP contribution is -2.36. The number of hydrogen-bond donors (Lipinski definition) is 1. The van der Waals surface area contributed by atoms with Gasteiger partial charge in [-0.15, -0.1) is 0 Å². The first kappa shape index (κ1) is 17.0. The molecule has 0 saturated carbocycles. The molecule has 1 aliphatic heterocycles. The Morgan fingerprint density at radius 2 is 2.08 bits per heavy atom. The van der Waals surface area contributed by atoms with Gasteiger partial charge in [0.05, 0.1) is 18.7 Å². The molecule has 0 saturated heterocycles. The highest BCUT2D eigenvalue weighted by molar-refractivity contribution is 5.97. The van der Waals surface area contributed by atoms with Crippen molar-refractivity contribution in [2.24, 2.45) is 7.05 Å². The highest BCUT2D eigenvalue weighted by atomic mass is 16.5. The predicted octanol–water partition coefficient (Wildman–Crippen LogP) is 2.11. The van der Waals surface area contributed by atoms with E-state index < -0.39 is 5.97 Å². The molecular formula is C18H21N3O4. The second-order valence-electron chi connectivity index (χ2n) is 6.02. The van der Waals surface area contributed by atoms with E-state index in [0.717, 1.165) is 12.1 Å². The van der Waals surface area contributed by atoms with Crippen molar-refractivity contribution in [3.8, 4) is 5.75 Å². The van der Waals surface area contributed by atoms with Gasteiger partial charge in [0.1, 0.15) is 5.75 Å². The molecule has 1 N–H and O–H groups in total. The van der Waals surface area contributed by atoms with Crippen molar-refractivity contribution in [3.05, 3.63) is 46.8 Å². The molecule has 0 fully saturated rings. The van der Waals surface area contributed by atoms with E-state index in [2.05, 4.69) is 5.10 Å². The van der Waals surface area contributed by atoms with Crippen molar-refractivity contribution in [3.63, 3.8) is 0 Å². The van der Waals surface area contributed by atoms with Gasteiger partial charge in [-0.2, -0.15) is 5.10 Å². The molecule has 1 aliphatic rings. The van der Waals surface area contributed by atoms with Crippen LogP contribution in [0.5, 0.6) is 5.75 Å². The quantitative estimate of drug-likeness (QED) is 0.899. The summed E-state index contributed by atoms with van der Waals surface area (Å²) in [7, 11) is 1.73. The van der Waals surface area contributed by atoms with Crippen molar-refractivity contribution >= 4 is 11.9 Å². The highest BCUT2D eigenvalue weighted by Gasteiger charge is 2.30. The number of carbonyl (C=O) groups excluding carboxylic acids is 1. The summed E-state index contributed by atoms with van der Waals surface area (Å²) >= 11 is 0. The summed E-state index contributed by atoms with van der Waals surface area (Å²) in [4.78, 5) is 26.0. The van der Waals surface area contributed by atoms with Gasteiger partial charge >= 0.3 is 5.97 Å². The Balaban J connectivity index is 1.87. The fourth-order valence-electron chi connectivity index (χ4n) is 3.09. The first-order valence-electron chi connectivity index (χ1n) is 8.32. The second kappa shape index (κ2) is 6.96. The standard InChI is InChI=1S/C18H21N3O4/c1-3-10-25-15-7-5-4-6-12(15)17(22)21-9-8-14-13(11-21)16(18(23)24)19-20(14)2/h4-7H,3,8-11H2,1-2H3,(H,23,24). The Labute approximate surface area is 145 Å². The van der Waals surface area contributed by atoms with Crippen LogP contribution in [0, 0.1) is 0 Å². The number of amides is 1. The molecule has 25 heavy (non-hydrogen) atoms. The first-order chi connectivity index (χ1) is 12.0. The van der Waals surface area contributed by atoms with Gasteiger partial charge in [-0.3, -0.25) is 9.48 Å². The van der Waals surface area contributed by atoms with E-state index in [1.807, 2.05) is 13.0 Å². The number of carboxylic acid groups (broad SMARTS) is 1. The Bertz CT molecular complexity index is 813. The SMILES string of the molecule is CCCOc1ccccc1C(=O)N1CCc2c(c(C(=O)O)nn2C)C1. The number of carboxylic acids is 1. The summed E-state index contributed by atoms with van der Waals surface area (Å²) in [6.07, 6.45) is 1.43. The number of benzene rings is 1.